The van der Waals surface area contributed by atoms with E-state index >= 15 is 0 Å². The van der Waals surface area contributed by atoms with E-state index in [4.69, 9.17) is 4.74 Å². The van der Waals surface area contributed by atoms with Crippen molar-refractivity contribution in [2.45, 2.75) is 6.92 Å². The van der Waals surface area contributed by atoms with E-state index in [1.807, 2.05) is 6.07 Å². The molecule has 4 aromatic carbocycles. The van der Waals surface area contributed by atoms with E-state index in [1.165, 1.54) is 33.0 Å². The van der Waals surface area contributed by atoms with Gasteiger partial charge in [-0.1, -0.05) is 48.5 Å². The third-order valence-corrected chi connectivity index (χ3v) is 6.93. The van der Waals surface area contributed by atoms with Gasteiger partial charge in [0.15, 0.2) is 11.0 Å². The average Bonchev–Trinajstić information content (AvgIpc) is 3.16. The van der Waals surface area contributed by atoms with Crippen LogP contribution in [0.15, 0.2) is 78.9 Å². The molecule has 0 bridgehead atoms. The summed E-state index contributed by atoms with van der Waals surface area (Å²) in [5.41, 5.74) is 10.7. The number of hydrogen-bond donors (Lipinski definition) is 2. The van der Waals surface area contributed by atoms with Gasteiger partial charge in [-0.15, -0.1) is 0 Å². The number of benzene rings is 4. The molecule has 4 nitrogen and oxygen atoms in total. The Morgan fingerprint density at radius 3 is 2.53 bits per heavy atom. The van der Waals surface area contributed by atoms with Gasteiger partial charge in [0, 0.05) is 5.69 Å². The van der Waals surface area contributed by atoms with Gasteiger partial charge in [0.1, 0.15) is 11.5 Å². The van der Waals surface area contributed by atoms with Crippen LogP contribution in [0.4, 0.5) is 11.4 Å². The molecule has 0 radical (unpaired) electrons. The lowest BCUT2D eigenvalue weighted by Crippen LogP contribution is -2.58. The molecule has 1 aromatic heterocycles. The predicted octanol–water partition coefficient (Wildman–Crippen LogP) is 3.65. The number of fused-ring (bicyclic) bond motifs is 6. The molecule has 0 aliphatic carbocycles. The SMILES string of the molecule is Cc1ccccc1-c1[nH]c2c3c(ccc2[n+]1C)B1c2ccccc2Oc2cccc(c21)N3. The molecule has 5 aromatic rings. The Labute approximate surface area is 186 Å². The first kappa shape index (κ1) is 17.7. The second-order valence-electron chi connectivity index (χ2n) is 8.69. The lowest BCUT2D eigenvalue weighted by atomic mass is 9.34. The number of para-hydroxylation sites is 1. The molecule has 2 aliphatic heterocycles. The van der Waals surface area contributed by atoms with E-state index in [2.05, 4.69) is 102 Å². The van der Waals surface area contributed by atoms with Gasteiger partial charge in [-0.3, -0.25) is 0 Å². The molecule has 32 heavy (non-hydrogen) atoms. The maximum Gasteiger partial charge on any atom is 0.287 e. The molecule has 0 saturated heterocycles. The fourth-order valence-corrected chi connectivity index (χ4v) is 5.38. The van der Waals surface area contributed by atoms with Crippen LogP contribution in [0.25, 0.3) is 22.4 Å². The summed E-state index contributed by atoms with van der Waals surface area (Å²) in [6, 6.07) is 27.7. The molecule has 0 fully saturated rings. The van der Waals surface area contributed by atoms with E-state index in [9.17, 15) is 0 Å². The van der Waals surface area contributed by atoms with Crippen LogP contribution in [-0.2, 0) is 7.05 Å². The number of aromatic nitrogens is 2. The van der Waals surface area contributed by atoms with Crippen LogP contribution >= 0.6 is 0 Å². The van der Waals surface area contributed by atoms with Crippen molar-refractivity contribution in [2.24, 2.45) is 7.05 Å². The van der Waals surface area contributed by atoms with Crippen molar-refractivity contribution in [3.8, 4) is 22.9 Å². The summed E-state index contributed by atoms with van der Waals surface area (Å²) in [4.78, 5) is 3.75. The molecule has 0 spiro atoms. The van der Waals surface area contributed by atoms with Crippen LogP contribution in [0, 0.1) is 6.92 Å². The van der Waals surface area contributed by atoms with Crippen LogP contribution in [0.5, 0.6) is 11.5 Å². The van der Waals surface area contributed by atoms with E-state index in [0.717, 1.165) is 34.2 Å². The number of hydrogen-bond acceptors (Lipinski definition) is 2. The maximum atomic E-state index is 6.27. The van der Waals surface area contributed by atoms with Crippen molar-refractivity contribution in [3.05, 3.63) is 84.4 Å². The Hall–Kier alpha value is -3.99. The highest BCUT2D eigenvalue weighted by Crippen LogP contribution is 2.34. The first-order valence-electron chi connectivity index (χ1n) is 11.0. The van der Waals surface area contributed by atoms with Gasteiger partial charge in [0.05, 0.1) is 18.3 Å². The number of imidazole rings is 1. The number of aryl methyl sites for hydroxylation is 2. The van der Waals surface area contributed by atoms with Crippen molar-refractivity contribution in [1.29, 1.82) is 0 Å². The summed E-state index contributed by atoms with van der Waals surface area (Å²) >= 11 is 0. The second-order valence-corrected chi connectivity index (χ2v) is 8.69. The minimum Gasteiger partial charge on any atom is -0.458 e. The van der Waals surface area contributed by atoms with Crippen LogP contribution in [0.1, 0.15) is 5.56 Å². The molecular formula is C27H21BN3O+. The second kappa shape index (κ2) is 6.27. The van der Waals surface area contributed by atoms with Gasteiger partial charge in [-0.25, -0.2) is 9.55 Å². The number of nitrogens with zero attached hydrogens (tertiary/aromatic N) is 1. The van der Waals surface area contributed by atoms with Gasteiger partial charge in [-0.05, 0) is 59.2 Å². The summed E-state index contributed by atoms with van der Waals surface area (Å²) < 4.78 is 8.52. The summed E-state index contributed by atoms with van der Waals surface area (Å²) in [7, 11) is 2.13. The smallest absolute Gasteiger partial charge is 0.287 e. The zero-order valence-corrected chi connectivity index (χ0v) is 17.9. The lowest BCUT2D eigenvalue weighted by Gasteiger charge is -2.33. The Kier molecular flexibility index (Phi) is 3.46. The van der Waals surface area contributed by atoms with Gasteiger partial charge < -0.3 is 10.1 Å². The zero-order valence-electron chi connectivity index (χ0n) is 17.9. The normalized spacial score (nSPS) is 13.1. The lowest BCUT2D eigenvalue weighted by molar-refractivity contribution is -0.633. The molecule has 5 heteroatoms. The molecule has 152 valence electrons. The van der Waals surface area contributed by atoms with Crippen LogP contribution in [0.3, 0.4) is 0 Å². The fourth-order valence-electron chi connectivity index (χ4n) is 5.38. The quantitative estimate of drug-likeness (QED) is 0.318. The maximum absolute atomic E-state index is 6.27. The Bertz CT molecular complexity index is 1570. The Morgan fingerprint density at radius 1 is 0.812 bits per heavy atom. The number of anilines is 2. The third kappa shape index (κ3) is 2.25. The molecule has 3 heterocycles. The minimum absolute atomic E-state index is 0.141. The number of rotatable bonds is 1. The molecule has 2 N–H and O–H groups in total. The van der Waals surface area contributed by atoms with E-state index in [-0.39, 0.29) is 6.71 Å². The highest BCUT2D eigenvalue weighted by Gasteiger charge is 2.40. The summed E-state index contributed by atoms with van der Waals surface area (Å²) in [6.45, 7) is 2.30. The van der Waals surface area contributed by atoms with Crippen molar-refractivity contribution >= 4 is 45.5 Å². The molecule has 0 atom stereocenters. The number of H-pyrrole nitrogens is 1. The van der Waals surface area contributed by atoms with Gasteiger partial charge in [0.2, 0.25) is 0 Å². The molecule has 2 aliphatic rings. The van der Waals surface area contributed by atoms with E-state index in [0.29, 0.717) is 0 Å². The number of nitrogens with one attached hydrogen (secondary N) is 2. The highest BCUT2D eigenvalue weighted by molar-refractivity contribution is 6.99. The number of aromatic amines is 1. The topological polar surface area (TPSA) is 40.9 Å². The van der Waals surface area contributed by atoms with E-state index < -0.39 is 0 Å². The van der Waals surface area contributed by atoms with Crippen LogP contribution in [-0.4, -0.2) is 11.7 Å². The molecule has 0 unspecified atom stereocenters. The summed E-state index contributed by atoms with van der Waals surface area (Å²) in [6.07, 6.45) is 0. The first-order valence-corrected chi connectivity index (χ1v) is 11.0. The predicted molar refractivity (Wildman–Crippen MR) is 131 cm³/mol. The highest BCUT2D eigenvalue weighted by atomic mass is 16.5. The number of ether oxygens (including phenoxy) is 1. The zero-order chi connectivity index (χ0) is 21.4. The van der Waals surface area contributed by atoms with Crippen LogP contribution in [0.2, 0.25) is 0 Å². The largest absolute Gasteiger partial charge is 0.458 e. The summed E-state index contributed by atoms with van der Waals surface area (Å²) in [5, 5.41) is 3.74. The Balaban J connectivity index is 1.52. The molecular weight excluding hydrogens is 393 g/mol. The third-order valence-electron chi connectivity index (χ3n) is 6.93. The molecule has 7 rings (SSSR count). The fraction of sp³-hybridized carbons (Fsp3) is 0.0741. The first-order chi connectivity index (χ1) is 15.7. The monoisotopic (exact) mass is 414 g/mol. The molecule has 0 saturated carbocycles. The van der Waals surface area contributed by atoms with Crippen molar-refractivity contribution < 1.29 is 9.30 Å². The van der Waals surface area contributed by atoms with Crippen LogP contribution < -0.4 is 31.0 Å². The standard InChI is InChI=1S/C27H20BN3O/c1-16-8-3-4-9-17(16)27-30-26-21(31(27)2)15-14-19-25(26)29-20-11-7-13-23-24(20)28(19)18-10-5-6-12-22(18)32-23/h3-15,29H,1-2H3/p+1. The van der Waals surface area contributed by atoms with Gasteiger partial charge >= 0.3 is 0 Å². The van der Waals surface area contributed by atoms with Gasteiger partial charge in [-0.2, -0.15) is 0 Å². The van der Waals surface area contributed by atoms with Crippen molar-refractivity contribution in [1.82, 2.24) is 4.98 Å². The van der Waals surface area contributed by atoms with Gasteiger partial charge in [0.25, 0.3) is 12.5 Å². The minimum atomic E-state index is 0.141. The summed E-state index contributed by atoms with van der Waals surface area (Å²) in [5.74, 6) is 2.98. The Morgan fingerprint density at radius 2 is 1.62 bits per heavy atom. The molecule has 0 amide bonds. The van der Waals surface area contributed by atoms with Crippen molar-refractivity contribution in [2.75, 3.05) is 5.32 Å². The van der Waals surface area contributed by atoms with E-state index in [1.54, 1.807) is 0 Å². The van der Waals surface area contributed by atoms with Crippen molar-refractivity contribution in [3.63, 3.8) is 0 Å². The average molecular weight is 414 g/mol.